The Morgan fingerprint density at radius 1 is 0.886 bits per heavy atom. The molecule has 3 fully saturated rings. The Balaban J connectivity index is 1.13. The van der Waals surface area contributed by atoms with Crippen molar-refractivity contribution >= 4 is 0 Å². The minimum Gasteiger partial charge on any atom is -0.393 e. The van der Waals surface area contributed by atoms with E-state index in [-0.39, 0.29) is 54.1 Å². The molecular weight excluding hydrogens is 453 g/mol. The van der Waals surface area contributed by atoms with Gasteiger partial charge in [-0.05, 0) is 93.2 Å². The topological polar surface area (TPSA) is 42.0 Å². The van der Waals surface area contributed by atoms with E-state index in [1.807, 2.05) is 12.1 Å². The molecule has 2 aliphatic carbocycles. The predicted molar refractivity (Wildman–Crippen MR) is 128 cm³/mol. The summed E-state index contributed by atoms with van der Waals surface area (Å²) < 4.78 is 55.3. The van der Waals surface area contributed by atoms with Crippen molar-refractivity contribution in [3.8, 4) is 0 Å². The van der Waals surface area contributed by atoms with E-state index >= 15 is 0 Å². The Bertz CT molecular complexity index is 1020. The van der Waals surface area contributed by atoms with Crippen molar-refractivity contribution in [2.45, 2.75) is 95.0 Å². The lowest BCUT2D eigenvalue weighted by Crippen LogP contribution is -2.23. The zero-order chi connectivity index (χ0) is 24.5. The van der Waals surface area contributed by atoms with E-state index in [2.05, 4.69) is 0 Å². The van der Waals surface area contributed by atoms with Gasteiger partial charge in [-0.1, -0.05) is 24.3 Å². The zero-order valence-corrected chi connectivity index (χ0v) is 20.3. The molecular formula is C29H35F3O3. The average molecular weight is 489 g/mol. The van der Waals surface area contributed by atoms with Crippen LogP contribution >= 0.6 is 0 Å². The number of aliphatic hydroxyl groups is 1. The molecule has 3 nitrogen and oxygen atoms in total. The highest BCUT2D eigenvalue weighted by atomic mass is 19.2. The molecule has 1 N–H and O–H groups in total. The number of halogens is 3. The molecule has 0 radical (unpaired) electrons. The van der Waals surface area contributed by atoms with Crippen LogP contribution in [0.25, 0.3) is 0 Å². The average Bonchev–Trinajstić information content (AvgIpc) is 3.71. The molecule has 35 heavy (non-hydrogen) atoms. The third kappa shape index (κ3) is 5.60. The van der Waals surface area contributed by atoms with Crippen LogP contribution in [-0.4, -0.2) is 23.9 Å². The molecule has 1 heterocycles. The number of hydrogen-bond donors (Lipinski definition) is 1. The number of epoxide rings is 1. The van der Waals surface area contributed by atoms with Crippen LogP contribution in [0.1, 0.15) is 98.5 Å². The fraction of sp³-hybridized carbons (Fsp3) is 0.586. The Kier molecular flexibility index (Phi) is 7.52. The SMILES string of the molecule is CC(O)C1CCC(c2ccc(COC3CCC(c4ccc(C5CO5)c(F)c4)CC3)c(F)c2F)CC1. The van der Waals surface area contributed by atoms with E-state index in [4.69, 9.17) is 9.47 Å². The van der Waals surface area contributed by atoms with Crippen molar-refractivity contribution in [3.05, 3.63) is 70.0 Å². The van der Waals surface area contributed by atoms with Crippen LogP contribution in [0.15, 0.2) is 30.3 Å². The normalized spacial score (nSPS) is 29.7. The van der Waals surface area contributed by atoms with E-state index in [0.29, 0.717) is 17.7 Å². The summed E-state index contributed by atoms with van der Waals surface area (Å²) in [5.74, 6) is -1.21. The van der Waals surface area contributed by atoms with Gasteiger partial charge >= 0.3 is 0 Å². The van der Waals surface area contributed by atoms with Crippen molar-refractivity contribution < 1.29 is 27.8 Å². The fourth-order valence-corrected chi connectivity index (χ4v) is 6.00. The smallest absolute Gasteiger partial charge is 0.164 e. The summed E-state index contributed by atoms with van der Waals surface area (Å²) in [4.78, 5) is 0. The van der Waals surface area contributed by atoms with E-state index in [0.717, 1.165) is 56.9 Å². The maximum absolute atomic E-state index is 14.9. The van der Waals surface area contributed by atoms with Gasteiger partial charge in [0.15, 0.2) is 11.6 Å². The van der Waals surface area contributed by atoms with Gasteiger partial charge in [-0.15, -0.1) is 0 Å². The lowest BCUT2D eigenvalue weighted by atomic mass is 9.76. The van der Waals surface area contributed by atoms with E-state index in [1.165, 1.54) is 0 Å². The number of benzene rings is 2. The highest BCUT2D eigenvalue weighted by Gasteiger charge is 2.30. The maximum atomic E-state index is 14.9. The molecule has 2 aromatic carbocycles. The fourth-order valence-electron chi connectivity index (χ4n) is 6.00. The first-order valence-electron chi connectivity index (χ1n) is 13.1. The molecule has 0 aromatic heterocycles. The van der Waals surface area contributed by atoms with Gasteiger partial charge in [0.2, 0.25) is 0 Å². The van der Waals surface area contributed by atoms with Crippen molar-refractivity contribution in [2.75, 3.05) is 6.61 Å². The highest BCUT2D eigenvalue weighted by molar-refractivity contribution is 5.31. The number of ether oxygens (including phenoxy) is 2. The van der Waals surface area contributed by atoms with Gasteiger partial charge in [-0.2, -0.15) is 0 Å². The first kappa shape index (κ1) is 24.8. The standard InChI is InChI=1S/C29H35F3O3/c1-17(33)18-2-4-20(5-3-18)24-12-9-22(28(31)29(24)32)15-34-23-10-6-19(7-11-23)21-8-13-25(26(30)14-21)27-16-35-27/h8-9,12-14,17-20,23,27,33H,2-7,10-11,15-16H2,1H3. The summed E-state index contributed by atoms with van der Waals surface area (Å²) in [5.41, 5.74) is 2.35. The van der Waals surface area contributed by atoms with Crippen LogP contribution in [0.3, 0.4) is 0 Å². The Hall–Kier alpha value is -1.89. The second kappa shape index (κ2) is 10.6. The summed E-state index contributed by atoms with van der Waals surface area (Å²) in [6.07, 6.45) is 6.16. The van der Waals surface area contributed by atoms with Gasteiger partial charge < -0.3 is 14.6 Å². The molecule has 1 aliphatic heterocycles. The molecule has 0 spiro atoms. The summed E-state index contributed by atoms with van der Waals surface area (Å²) >= 11 is 0. The largest absolute Gasteiger partial charge is 0.393 e. The minimum atomic E-state index is -0.802. The molecule has 2 unspecified atom stereocenters. The number of rotatable bonds is 7. The molecule has 6 heteroatoms. The van der Waals surface area contributed by atoms with Gasteiger partial charge in [-0.25, -0.2) is 13.2 Å². The van der Waals surface area contributed by atoms with Crippen molar-refractivity contribution in [1.29, 1.82) is 0 Å². The lowest BCUT2D eigenvalue weighted by Gasteiger charge is -2.31. The molecule has 1 saturated heterocycles. The molecule has 0 bridgehead atoms. The monoisotopic (exact) mass is 488 g/mol. The number of aliphatic hydroxyl groups excluding tert-OH is 1. The van der Waals surface area contributed by atoms with Crippen LogP contribution in [0, 0.1) is 23.4 Å². The Labute approximate surface area is 205 Å². The van der Waals surface area contributed by atoms with Gasteiger partial charge in [0, 0.05) is 11.1 Å². The number of hydrogen-bond acceptors (Lipinski definition) is 3. The van der Waals surface area contributed by atoms with Crippen molar-refractivity contribution in [2.24, 2.45) is 5.92 Å². The van der Waals surface area contributed by atoms with Crippen molar-refractivity contribution in [1.82, 2.24) is 0 Å². The van der Waals surface area contributed by atoms with Crippen molar-refractivity contribution in [3.63, 3.8) is 0 Å². The molecule has 2 saturated carbocycles. The van der Waals surface area contributed by atoms with E-state index in [1.54, 1.807) is 25.1 Å². The quantitative estimate of drug-likeness (QED) is 0.424. The Morgan fingerprint density at radius 2 is 1.54 bits per heavy atom. The molecule has 2 atom stereocenters. The molecule has 0 amide bonds. The summed E-state index contributed by atoms with van der Waals surface area (Å²) in [6.45, 7) is 2.45. The minimum absolute atomic E-state index is 0.000416. The Morgan fingerprint density at radius 3 is 2.17 bits per heavy atom. The van der Waals surface area contributed by atoms with Crippen LogP contribution in [0.4, 0.5) is 13.2 Å². The molecule has 5 rings (SSSR count). The summed E-state index contributed by atoms with van der Waals surface area (Å²) in [5, 5.41) is 9.78. The van der Waals surface area contributed by atoms with Crippen LogP contribution in [-0.2, 0) is 16.1 Å². The second-order valence-corrected chi connectivity index (χ2v) is 10.7. The van der Waals surface area contributed by atoms with Gasteiger partial charge in [0.05, 0.1) is 25.4 Å². The zero-order valence-electron chi connectivity index (χ0n) is 20.3. The molecule has 2 aromatic rings. The first-order chi connectivity index (χ1) is 16.9. The maximum Gasteiger partial charge on any atom is 0.164 e. The third-order valence-corrected chi connectivity index (χ3v) is 8.41. The highest BCUT2D eigenvalue weighted by Crippen LogP contribution is 2.40. The van der Waals surface area contributed by atoms with E-state index in [9.17, 15) is 18.3 Å². The van der Waals surface area contributed by atoms with Gasteiger partial charge in [0.25, 0.3) is 0 Å². The van der Waals surface area contributed by atoms with Gasteiger partial charge in [0.1, 0.15) is 11.9 Å². The second-order valence-electron chi connectivity index (χ2n) is 10.7. The van der Waals surface area contributed by atoms with E-state index < -0.39 is 11.6 Å². The third-order valence-electron chi connectivity index (χ3n) is 8.41. The summed E-state index contributed by atoms with van der Waals surface area (Å²) in [6, 6.07) is 8.85. The van der Waals surface area contributed by atoms with Gasteiger partial charge in [-0.3, -0.25) is 0 Å². The van der Waals surface area contributed by atoms with Crippen LogP contribution in [0.2, 0.25) is 0 Å². The molecule has 190 valence electrons. The first-order valence-corrected chi connectivity index (χ1v) is 13.1. The molecule has 3 aliphatic rings. The van der Waals surface area contributed by atoms with Crippen LogP contribution < -0.4 is 0 Å². The van der Waals surface area contributed by atoms with Crippen LogP contribution in [0.5, 0.6) is 0 Å². The lowest BCUT2D eigenvalue weighted by molar-refractivity contribution is 0.0118. The summed E-state index contributed by atoms with van der Waals surface area (Å²) in [7, 11) is 0. The predicted octanol–water partition coefficient (Wildman–Crippen LogP) is 7.07.